The lowest BCUT2D eigenvalue weighted by Crippen LogP contribution is -2.03. The molecule has 1 aromatic heterocycles. The zero-order chi connectivity index (χ0) is 16.1. The molecule has 0 fully saturated rings. The summed E-state index contributed by atoms with van der Waals surface area (Å²) in [5.41, 5.74) is 4.28. The van der Waals surface area contributed by atoms with Crippen molar-refractivity contribution in [2.75, 3.05) is 5.43 Å². The van der Waals surface area contributed by atoms with Crippen molar-refractivity contribution in [3.63, 3.8) is 0 Å². The van der Waals surface area contributed by atoms with Gasteiger partial charge in [-0.15, -0.1) is 0 Å². The quantitative estimate of drug-likeness (QED) is 0.438. The van der Waals surface area contributed by atoms with E-state index in [1.807, 2.05) is 30.3 Å². The zero-order valence-electron chi connectivity index (χ0n) is 11.8. The number of nitrogens with zero attached hydrogens (tertiary/aromatic N) is 6. The molecule has 0 saturated heterocycles. The monoisotopic (exact) mass is 309 g/mol. The second kappa shape index (κ2) is 6.43. The Labute approximate surface area is 130 Å². The highest BCUT2D eigenvalue weighted by atomic mass is 16.6. The van der Waals surface area contributed by atoms with E-state index in [0.717, 1.165) is 5.69 Å². The lowest BCUT2D eigenvalue weighted by atomic mass is 10.2. The summed E-state index contributed by atoms with van der Waals surface area (Å²) in [6.45, 7) is 0. The van der Waals surface area contributed by atoms with Crippen molar-refractivity contribution < 1.29 is 4.92 Å². The number of nitro benzene ring substituents is 1. The van der Waals surface area contributed by atoms with E-state index in [-0.39, 0.29) is 5.69 Å². The number of benzene rings is 2. The first-order valence-electron chi connectivity index (χ1n) is 6.61. The van der Waals surface area contributed by atoms with E-state index < -0.39 is 4.92 Å². The van der Waals surface area contributed by atoms with Crippen LogP contribution in [0, 0.1) is 10.1 Å². The second-order valence-electron chi connectivity index (χ2n) is 4.47. The molecular weight excluding hydrogens is 298 g/mol. The first kappa shape index (κ1) is 14.3. The maximum atomic E-state index is 10.6. The number of rotatable bonds is 5. The van der Waals surface area contributed by atoms with Crippen LogP contribution in [-0.4, -0.2) is 31.3 Å². The Bertz CT molecular complexity index is 828. The van der Waals surface area contributed by atoms with Gasteiger partial charge in [0.15, 0.2) is 0 Å². The van der Waals surface area contributed by atoms with Gasteiger partial charge < -0.3 is 0 Å². The molecule has 0 saturated carbocycles. The lowest BCUT2D eigenvalue weighted by molar-refractivity contribution is -0.384. The summed E-state index contributed by atoms with van der Waals surface area (Å²) in [7, 11) is 0. The normalized spacial score (nSPS) is 10.8. The van der Waals surface area contributed by atoms with Gasteiger partial charge in [0, 0.05) is 12.1 Å². The molecule has 1 N–H and O–H groups in total. The molecule has 0 aliphatic heterocycles. The van der Waals surface area contributed by atoms with Crippen molar-refractivity contribution in [2.45, 2.75) is 0 Å². The van der Waals surface area contributed by atoms with E-state index in [0.29, 0.717) is 11.5 Å². The van der Waals surface area contributed by atoms with Gasteiger partial charge in [-0.25, -0.2) is 5.43 Å². The SMILES string of the molecule is O=[N+]([O-])c1ccc(/C=N/Nc2nnnn2-c2ccccc2)cc1. The number of aromatic nitrogens is 4. The van der Waals surface area contributed by atoms with E-state index in [1.165, 1.54) is 23.0 Å². The number of hydrogen-bond acceptors (Lipinski definition) is 7. The molecule has 0 radical (unpaired) electrons. The average molecular weight is 309 g/mol. The fourth-order valence-corrected chi connectivity index (χ4v) is 1.85. The second-order valence-corrected chi connectivity index (χ2v) is 4.47. The molecule has 0 atom stereocenters. The molecule has 2 aromatic carbocycles. The maximum Gasteiger partial charge on any atom is 0.269 e. The third-order valence-corrected chi connectivity index (χ3v) is 2.95. The van der Waals surface area contributed by atoms with Gasteiger partial charge in [0.1, 0.15) is 0 Å². The van der Waals surface area contributed by atoms with Crippen molar-refractivity contribution >= 4 is 17.9 Å². The Morgan fingerprint density at radius 1 is 1.13 bits per heavy atom. The number of hydrogen-bond donors (Lipinski definition) is 1. The summed E-state index contributed by atoms with van der Waals surface area (Å²) in [6.07, 6.45) is 1.52. The summed E-state index contributed by atoms with van der Waals surface area (Å²) in [4.78, 5) is 10.1. The molecule has 114 valence electrons. The third kappa shape index (κ3) is 3.35. The fourth-order valence-electron chi connectivity index (χ4n) is 1.85. The van der Waals surface area contributed by atoms with Gasteiger partial charge in [0.05, 0.1) is 16.8 Å². The van der Waals surface area contributed by atoms with Crippen molar-refractivity contribution in [2.24, 2.45) is 5.10 Å². The first-order chi connectivity index (χ1) is 11.2. The van der Waals surface area contributed by atoms with Crippen LogP contribution in [0.1, 0.15) is 5.56 Å². The minimum atomic E-state index is -0.451. The number of hydrazone groups is 1. The Morgan fingerprint density at radius 3 is 2.57 bits per heavy atom. The van der Waals surface area contributed by atoms with Crippen LogP contribution in [0.25, 0.3) is 5.69 Å². The molecule has 3 aromatic rings. The molecule has 0 aliphatic carbocycles. The van der Waals surface area contributed by atoms with E-state index in [4.69, 9.17) is 0 Å². The Hall–Kier alpha value is -3.62. The number of anilines is 1. The number of tetrazole rings is 1. The van der Waals surface area contributed by atoms with Crippen LogP contribution in [-0.2, 0) is 0 Å². The van der Waals surface area contributed by atoms with E-state index >= 15 is 0 Å². The Morgan fingerprint density at radius 2 is 1.87 bits per heavy atom. The summed E-state index contributed by atoms with van der Waals surface area (Å²) in [6, 6.07) is 15.4. The predicted molar refractivity (Wildman–Crippen MR) is 83.5 cm³/mol. The molecule has 0 aliphatic rings. The number of para-hydroxylation sites is 1. The minimum absolute atomic E-state index is 0.0307. The Balaban J connectivity index is 1.71. The van der Waals surface area contributed by atoms with Gasteiger partial charge in [0.2, 0.25) is 0 Å². The molecule has 0 spiro atoms. The standard InChI is InChI=1S/C14H11N7O2/c22-21(23)13-8-6-11(7-9-13)10-15-16-14-17-18-19-20(14)12-4-2-1-3-5-12/h1-10H,(H,16,17,19)/b15-10+. The topological polar surface area (TPSA) is 111 Å². The summed E-state index contributed by atoms with van der Waals surface area (Å²) >= 11 is 0. The third-order valence-electron chi connectivity index (χ3n) is 2.95. The van der Waals surface area contributed by atoms with Crippen LogP contribution in [0.15, 0.2) is 59.7 Å². The summed E-state index contributed by atoms with van der Waals surface area (Å²) in [5, 5.41) is 26.0. The van der Waals surface area contributed by atoms with E-state index in [9.17, 15) is 10.1 Å². The van der Waals surface area contributed by atoms with Gasteiger partial charge >= 0.3 is 0 Å². The average Bonchev–Trinajstić information content (AvgIpc) is 3.05. The molecular formula is C14H11N7O2. The largest absolute Gasteiger partial charge is 0.269 e. The van der Waals surface area contributed by atoms with Gasteiger partial charge in [-0.05, 0) is 40.3 Å². The van der Waals surface area contributed by atoms with E-state index in [1.54, 1.807) is 12.1 Å². The van der Waals surface area contributed by atoms with Gasteiger partial charge in [-0.2, -0.15) is 9.78 Å². The van der Waals surface area contributed by atoms with E-state index in [2.05, 4.69) is 26.1 Å². The van der Waals surface area contributed by atoms with Crippen LogP contribution in [0.2, 0.25) is 0 Å². The predicted octanol–water partition coefficient (Wildman–Crippen LogP) is 2.02. The van der Waals surface area contributed by atoms with Crippen LogP contribution in [0.5, 0.6) is 0 Å². The first-order valence-corrected chi connectivity index (χ1v) is 6.61. The Kier molecular flexibility index (Phi) is 4.01. The van der Waals surface area contributed by atoms with Crippen LogP contribution in [0.3, 0.4) is 0 Å². The van der Waals surface area contributed by atoms with Gasteiger partial charge in [-0.3, -0.25) is 10.1 Å². The van der Waals surface area contributed by atoms with Crippen molar-refractivity contribution in [3.8, 4) is 5.69 Å². The smallest absolute Gasteiger partial charge is 0.258 e. The summed E-state index contributed by atoms with van der Waals surface area (Å²) < 4.78 is 1.51. The van der Waals surface area contributed by atoms with Crippen LogP contribution < -0.4 is 5.43 Å². The molecule has 9 nitrogen and oxygen atoms in total. The lowest BCUT2D eigenvalue weighted by Gasteiger charge is -2.02. The molecule has 3 rings (SSSR count). The summed E-state index contributed by atoms with van der Waals surface area (Å²) in [5.74, 6) is 0.356. The molecule has 1 heterocycles. The van der Waals surface area contributed by atoms with Gasteiger partial charge in [-0.1, -0.05) is 23.3 Å². The maximum absolute atomic E-state index is 10.6. The van der Waals surface area contributed by atoms with Crippen molar-refractivity contribution in [1.82, 2.24) is 20.2 Å². The highest BCUT2D eigenvalue weighted by Crippen LogP contribution is 2.12. The molecule has 23 heavy (non-hydrogen) atoms. The fraction of sp³-hybridized carbons (Fsp3) is 0. The highest BCUT2D eigenvalue weighted by Gasteiger charge is 2.06. The van der Waals surface area contributed by atoms with Crippen molar-refractivity contribution in [1.29, 1.82) is 0 Å². The van der Waals surface area contributed by atoms with Gasteiger partial charge in [0.25, 0.3) is 11.6 Å². The molecule has 0 unspecified atom stereocenters. The number of nitro groups is 1. The van der Waals surface area contributed by atoms with Crippen molar-refractivity contribution in [3.05, 3.63) is 70.3 Å². The minimum Gasteiger partial charge on any atom is -0.258 e. The number of non-ortho nitro benzene ring substituents is 1. The zero-order valence-corrected chi connectivity index (χ0v) is 11.8. The highest BCUT2D eigenvalue weighted by molar-refractivity contribution is 5.80. The molecule has 0 bridgehead atoms. The van der Waals surface area contributed by atoms with Crippen LogP contribution in [0.4, 0.5) is 11.6 Å². The molecule has 9 heteroatoms. The van der Waals surface area contributed by atoms with Crippen LogP contribution >= 0.6 is 0 Å². The molecule has 0 amide bonds. The number of nitrogens with one attached hydrogen (secondary N) is 1.